The molecule has 164 valence electrons. The van der Waals surface area contributed by atoms with Crippen LogP contribution in [-0.2, 0) is 23.0 Å². The van der Waals surface area contributed by atoms with Crippen molar-refractivity contribution < 1.29 is 4.74 Å². The van der Waals surface area contributed by atoms with Gasteiger partial charge >= 0.3 is 0 Å². The van der Waals surface area contributed by atoms with Crippen LogP contribution < -0.4 is 0 Å². The van der Waals surface area contributed by atoms with Crippen LogP contribution in [0.4, 0.5) is 0 Å². The van der Waals surface area contributed by atoms with E-state index >= 15 is 0 Å². The summed E-state index contributed by atoms with van der Waals surface area (Å²) < 4.78 is 5.70. The second-order valence-electron chi connectivity index (χ2n) is 9.64. The fourth-order valence-corrected chi connectivity index (χ4v) is 5.95. The van der Waals surface area contributed by atoms with Crippen molar-refractivity contribution in [2.75, 3.05) is 13.7 Å². The smallest absolute Gasteiger partial charge is 0.102 e. The van der Waals surface area contributed by atoms with Gasteiger partial charge in [-0.15, -0.1) is 0 Å². The highest BCUT2D eigenvalue weighted by Gasteiger charge is 2.41. The molecule has 2 aliphatic carbocycles. The zero-order chi connectivity index (χ0) is 21.7. The van der Waals surface area contributed by atoms with Crippen LogP contribution in [0, 0.1) is 17.2 Å². The van der Waals surface area contributed by atoms with E-state index in [1.54, 1.807) is 7.11 Å². The van der Waals surface area contributed by atoms with Crippen molar-refractivity contribution in [3.8, 4) is 17.2 Å². The molecule has 3 nitrogen and oxygen atoms in total. The Balaban J connectivity index is 1.85. The fraction of sp³-hybridized carbons (Fsp3) is 0.571. The summed E-state index contributed by atoms with van der Waals surface area (Å²) >= 11 is 0. The normalized spacial score (nSPS) is 19.7. The van der Waals surface area contributed by atoms with Crippen LogP contribution in [-0.4, -0.2) is 18.7 Å². The summed E-state index contributed by atoms with van der Waals surface area (Å²) in [4.78, 5) is 5.27. The predicted octanol–water partition coefficient (Wildman–Crippen LogP) is 6.76. The van der Waals surface area contributed by atoms with Crippen molar-refractivity contribution in [3.05, 3.63) is 52.8 Å². The Morgan fingerprint density at radius 1 is 1.16 bits per heavy atom. The highest BCUT2D eigenvalue weighted by atomic mass is 16.5. The zero-order valence-corrected chi connectivity index (χ0v) is 19.3. The van der Waals surface area contributed by atoms with Crippen LogP contribution in [0.5, 0.6) is 0 Å². The molecule has 1 aromatic carbocycles. The number of unbranched alkanes of at least 4 members (excludes halogenated alkanes) is 2. The van der Waals surface area contributed by atoms with Gasteiger partial charge in [-0.3, -0.25) is 4.98 Å². The topological polar surface area (TPSA) is 45.9 Å². The van der Waals surface area contributed by atoms with Crippen molar-refractivity contribution in [1.29, 1.82) is 5.26 Å². The number of aryl methyl sites for hydroxylation is 1. The molecule has 31 heavy (non-hydrogen) atoms. The molecular weight excluding hydrogens is 380 g/mol. The number of nitrogens with zero attached hydrogens (tertiary/aromatic N) is 2. The van der Waals surface area contributed by atoms with Gasteiger partial charge in [0.2, 0.25) is 0 Å². The van der Waals surface area contributed by atoms with Gasteiger partial charge in [0.05, 0.1) is 17.9 Å². The van der Waals surface area contributed by atoms with Gasteiger partial charge in [0.25, 0.3) is 0 Å². The number of nitriles is 1. The molecule has 2 aromatic rings. The molecule has 0 amide bonds. The van der Waals surface area contributed by atoms with Crippen LogP contribution in [0.15, 0.2) is 30.3 Å². The molecule has 0 bridgehead atoms. The molecule has 4 rings (SSSR count). The molecule has 1 atom stereocenters. The number of ether oxygens (including phenoxy) is 1. The maximum absolute atomic E-state index is 10.4. The van der Waals surface area contributed by atoms with Crippen LogP contribution >= 0.6 is 0 Å². The van der Waals surface area contributed by atoms with E-state index in [1.807, 2.05) is 0 Å². The standard InChI is InChI=1S/C28H36N2O/c1-3-4-6-11-21-14-15-25-23(18-21)26(22-12-7-5-8-13-22)24(19-29)27(30-25)28(20-31-2)16-9-10-17-28/h5,7-8,12-13,21H,3-4,6,9-11,14-18,20H2,1-2H3. The summed E-state index contributed by atoms with van der Waals surface area (Å²) in [6, 6.07) is 13.2. The van der Waals surface area contributed by atoms with Gasteiger partial charge in [0, 0.05) is 23.8 Å². The molecule has 1 heterocycles. The van der Waals surface area contributed by atoms with E-state index in [0.29, 0.717) is 12.5 Å². The van der Waals surface area contributed by atoms with E-state index in [2.05, 4.69) is 43.3 Å². The lowest BCUT2D eigenvalue weighted by Crippen LogP contribution is -2.32. The third-order valence-corrected chi connectivity index (χ3v) is 7.54. The molecule has 0 aliphatic heterocycles. The molecule has 1 fully saturated rings. The van der Waals surface area contributed by atoms with Crippen LogP contribution in [0.2, 0.25) is 0 Å². The number of hydrogen-bond acceptors (Lipinski definition) is 3. The van der Waals surface area contributed by atoms with Crippen molar-refractivity contribution in [2.45, 2.75) is 83.0 Å². The van der Waals surface area contributed by atoms with E-state index in [4.69, 9.17) is 9.72 Å². The predicted molar refractivity (Wildman–Crippen MR) is 126 cm³/mol. The number of pyridine rings is 1. The van der Waals surface area contributed by atoms with Crippen LogP contribution in [0.3, 0.4) is 0 Å². The molecule has 1 unspecified atom stereocenters. The highest BCUT2D eigenvalue weighted by Crippen LogP contribution is 2.46. The Labute approximate surface area is 187 Å². The average Bonchev–Trinajstić information content (AvgIpc) is 3.28. The number of methoxy groups -OCH3 is 1. The molecule has 3 heteroatoms. The first-order valence-electron chi connectivity index (χ1n) is 12.2. The summed E-state index contributed by atoms with van der Waals surface area (Å²) in [6.45, 7) is 2.93. The summed E-state index contributed by atoms with van der Waals surface area (Å²) in [7, 11) is 1.78. The maximum Gasteiger partial charge on any atom is 0.102 e. The zero-order valence-electron chi connectivity index (χ0n) is 19.3. The van der Waals surface area contributed by atoms with Crippen molar-refractivity contribution in [1.82, 2.24) is 4.98 Å². The second-order valence-corrected chi connectivity index (χ2v) is 9.64. The largest absolute Gasteiger partial charge is 0.384 e. The lowest BCUT2D eigenvalue weighted by molar-refractivity contribution is 0.129. The molecular formula is C28H36N2O. The molecule has 1 aromatic heterocycles. The Morgan fingerprint density at radius 2 is 1.94 bits per heavy atom. The van der Waals surface area contributed by atoms with E-state index in [1.165, 1.54) is 61.8 Å². The molecule has 0 saturated heterocycles. The summed E-state index contributed by atoms with van der Waals surface area (Å²) in [5.41, 5.74) is 6.60. The maximum atomic E-state index is 10.4. The SMILES string of the molecule is CCCCCC1CCc2nc(C3(COC)CCCC3)c(C#N)c(-c3ccccc3)c2C1. The Bertz CT molecular complexity index is 922. The van der Waals surface area contributed by atoms with Gasteiger partial charge in [-0.25, -0.2) is 0 Å². The summed E-state index contributed by atoms with van der Waals surface area (Å²) in [5, 5.41) is 10.4. The Morgan fingerprint density at radius 3 is 2.61 bits per heavy atom. The summed E-state index contributed by atoms with van der Waals surface area (Å²) in [5.74, 6) is 0.708. The molecule has 0 N–H and O–H groups in total. The van der Waals surface area contributed by atoms with Gasteiger partial charge in [0.1, 0.15) is 6.07 Å². The highest BCUT2D eigenvalue weighted by molar-refractivity contribution is 5.76. The number of benzene rings is 1. The average molecular weight is 417 g/mol. The van der Waals surface area contributed by atoms with E-state index in [0.717, 1.165) is 42.5 Å². The van der Waals surface area contributed by atoms with Gasteiger partial charge in [-0.2, -0.15) is 5.26 Å². The number of fused-ring (bicyclic) bond motifs is 1. The fourth-order valence-electron chi connectivity index (χ4n) is 5.95. The monoisotopic (exact) mass is 416 g/mol. The van der Waals surface area contributed by atoms with Crippen LogP contribution in [0.25, 0.3) is 11.1 Å². The first kappa shape index (κ1) is 22.0. The lowest BCUT2D eigenvalue weighted by Gasteiger charge is -2.33. The van der Waals surface area contributed by atoms with E-state index in [-0.39, 0.29) is 5.41 Å². The first-order chi connectivity index (χ1) is 15.2. The van der Waals surface area contributed by atoms with E-state index in [9.17, 15) is 5.26 Å². The number of rotatable bonds is 8. The molecule has 1 saturated carbocycles. The minimum absolute atomic E-state index is 0.115. The van der Waals surface area contributed by atoms with Gasteiger partial charge in [0.15, 0.2) is 0 Å². The molecule has 2 aliphatic rings. The van der Waals surface area contributed by atoms with Crippen molar-refractivity contribution >= 4 is 0 Å². The van der Waals surface area contributed by atoms with Crippen LogP contribution in [0.1, 0.15) is 87.2 Å². The van der Waals surface area contributed by atoms with Gasteiger partial charge < -0.3 is 4.74 Å². The van der Waals surface area contributed by atoms with Gasteiger partial charge in [-0.1, -0.05) is 75.8 Å². The number of aromatic nitrogens is 1. The number of hydrogen-bond donors (Lipinski definition) is 0. The summed E-state index contributed by atoms with van der Waals surface area (Å²) in [6.07, 6.45) is 13.0. The van der Waals surface area contributed by atoms with E-state index < -0.39 is 0 Å². The Kier molecular flexibility index (Phi) is 7.08. The minimum Gasteiger partial charge on any atom is -0.384 e. The van der Waals surface area contributed by atoms with Gasteiger partial charge in [-0.05, 0) is 49.1 Å². The Hall–Kier alpha value is -2.18. The quantitative estimate of drug-likeness (QED) is 0.446. The van der Waals surface area contributed by atoms with Crippen molar-refractivity contribution in [3.63, 3.8) is 0 Å². The lowest BCUT2D eigenvalue weighted by atomic mass is 9.75. The first-order valence-corrected chi connectivity index (χ1v) is 12.2. The minimum atomic E-state index is -0.115. The molecule has 0 spiro atoms. The molecule has 0 radical (unpaired) electrons. The third-order valence-electron chi connectivity index (χ3n) is 7.54. The third kappa shape index (κ3) is 4.41. The second kappa shape index (κ2) is 9.96. The van der Waals surface area contributed by atoms with Crippen molar-refractivity contribution in [2.24, 2.45) is 5.92 Å².